The van der Waals surface area contributed by atoms with Gasteiger partial charge in [-0.25, -0.2) is 4.98 Å². The van der Waals surface area contributed by atoms with E-state index < -0.39 is 26.0 Å². The number of hydrogen-bond donors (Lipinski definition) is 0. The fourth-order valence-electron chi connectivity index (χ4n) is 9.60. The maximum Gasteiger partial charge on any atom is 0.137 e. The number of pyridine rings is 1. The van der Waals surface area contributed by atoms with E-state index >= 15 is 0 Å². The lowest BCUT2D eigenvalue weighted by Gasteiger charge is -2.28. The second-order valence-electron chi connectivity index (χ2n) is 17.1. The van der Waals surface area contributed by atoms with Gasteiger partial charge in [0.2, 0.25) is 0 Å². The van der Waals surface area contributed by atoms with E-state index in [-0.39, 0.29) is 23.5 Å². The largest absolute Gasteiger partial charge is 0.457 e. The number of benzene rings is 8. The fraction of sp³-hybridized carbons (Fsp3) is 0.117. The summed E-state index contributed by atoms with van der Waals surface area (Å²) in [7, 11) is 0. The number of anilines is 4. The normalized spacial score (nSPS) is 15.3. The van der Waals surface area contributed by atoms with Crippen LogP contribution in [0.4, 0.5) is 22.7 Å². The van der Waals surface area contributed by atoms with Crippen molar-refractivity contribution in [1.29, 1.82) is 0 Å². The Balaban J connectivity index is 1.13. The molecule has 0 amide bonds. The predicted molar refractivity (Wildman–Crippen MR) is 272 cm³/mol. The van der Waals surface area contributed by atoms with Crippen LogP contribution in [0.25, 0.3) is 61.0 Å². The molecule has 8 aromatic carbocycles. The number of ether oxygens (including phenoxy) is 2. The summed E-state index contributed by atoms with van der Waals surface area (Å²) in [5, 5.41) is 1.85. The Morgan fingerprint density at radius 2 is 1.26 bits per heavy atom. The van der Waals surface area contributed by atoms with Crippen molar-refractivity contribution in [2.24, 2.45) is 5.92 Å². The van der Waals surface area contributed by atoms with Gasteiger partial charge in [0.25, 0.3) is 0 Å². The number of fused-ring (bicyclic) bond motifs is 5. The van der Waals surface area contributed by atoms with Gasteiger partial charge in [-0.2, -0.15) is 0 Å². The van der Waals surface area contributed by atoms with E-state index in [1.807, 2.05) is 170 Å². The van der Waals surface area contributed by atoms with Crippen LogP contribution in [-0.2, 0) is 6.37 Å². The van der Waals surface area contributed by atoms with Gasteiger partial charge in [-0.05, 0) is 114 Å². The molecule has 6 nitrogen and oxygen atoms in total. The highest BCUT2D eigenvalue weighted by atomic mass is 16.5. The van der Waals surface area contributed by atoms with Crippen molar-refractivity contribution in [3.8, 4) is 62.2 Å². The number of hydrogen-bond acceptors (Lipinski definition) is 5. The Labute approximate surface area is 396 Å². The molecular formula is C60H48N4O2. The molecule has 2 aromatic heterocycles. The molecule has 6 heterocycles. The SMILES string of the molecule is [2H]C([2H])([2H])c1ccc2cc1Oc1ccc3c4ccccc4n(c3c1)-c1cc(C([2H])([2H])C(C)C)c(cn1)-c1ccccc1Oc1ccc(cc1)-c1cccc(-c3ccccc3C([2H])([2H])[2H])c1N1CN2c2ccccc21. The van der Waals surface area contributed by atoms with Crippen LogP contribution in [-0.4, -0.2) is 16.2 Å². The van der Waals surface area contributed by atoms with Crippen LogP contribution in [0.5, 0.6) is 23.0 Å². The van der Waals surface area contributed by atoms with E-state index in [4.69, 9.17) is 22.7 Å². The first-order valence-electron chi connectivity index (χ1n) is 26.2. The molecule has 10 bridgehead atoms. The van der Waals surface area contributed by atoms with E-state index in [0.717, 1.165) is 50.0 Å². The predicted octanol–water partition coefficient (Wildman–Crippen LogP) is 16.1. The Morgan fingerprint density at radius 1 is 0.561 bits per heavy atom. The van der Waals surface area contributed by atoms with Gasteiger partial charge in [0.1, 0.15) is 35.5 Å². The molecule has 66 heavy (non-hydrogen) atoms. The third kappa shape index (κ3) is 6.68. The summed E-state index contributed by atoms with van der Waals surface area (Å²) in [6.45, 7) is -0.940. The van der Waals surface area contributed by atoms with Gasteiger partial charge in [0.05, 0.1) is 28.1 Å². The molecule has 0 saturated carbocycles. The van der Waals surface area contributed by atoms with E-state index in [2.05, 4.69) is 9.80 Å². The second kappa shape index (κ2) is 15.9. The summed E-state index contributed by atoms with van der Waals surface area (Å²) in [5.74, 6) is 1.68. The van der Waals surface area contributed by atoms with Crippen molar-refractivity contribution >= 4 is 44.6 Å². The Hall–Kier alpha value is -8.09. The Bertz CT molecular complexity index is 3850. The average molecular weight is 865 g/mol. The number of aryl methyl sites for hydroxylation is 2. The zero-order valence-corrected chi connectivity index (χ0v) is 36.3. The summed E-state index contributed by atoms with van der Waals surface area (Å²) < 4.78 is 86.7. The molecule has 0 fully saturated rings. The van der Waals surface area contributed by atoms with E-state index in [1.165, 1.54) is 0 Å². The first-order chi connectivity index (χ1) is 35.5. The molecule has 6 heteroatoms. The van der Waals surface area contributed by atoms with Crippen molar-refractivity contribution in [2.75, 3.05) is 16.5 Å². The first kappa shape index (κ1) is 31.7. The van der Waals surface area contributed by atoms with Crippen LogP contribution in [0.15, 0.2) is 188 Å². The number of para-hydroxylation sites is 5. The van der Waals surface area contributed by atoms with Gasteiger partial charge in [0, 0.05) is 68.0 Å². The minimum Gasteiger partial charge on any atom is -0.457 e. The third-order valence-corrected chi connectivity index (χ3v) is 12.6. The minimum atomic E-state index is -2.54. The molecule has 14 rings (SSSR count). The molecule has 0 atom stereocenters. The van der Waals surface area contributed by atoms with E-state index in [9.17, 15) is 2.74 Å². The minimum absolute atomic E-state index is 0.0343. The van der Waals surface area contributed by atoms with Crippen LogP contribution in [0.3, 0.4) is 0 Å². The zero-order chi connectivity index (χ0) is 51.3. The summed E-state index contributed by atoms with van der Waals surface area (Å²) in [6, 6.07) is 57.1. The maximum atomic E-state index is 9.62. The summed E-state index contributed by atoms with van der Waals surface area (Å²) in [6.07, 6.45) is -0.0998. The van der Waals surface area contributed by atoms with Gasteiger partial charge < -0.3 is 19.3 Å². The molecule has 0 N–H and O–H groups in total. The molecule has 0 saturated heterocycles. The molecule has 0 spiro atoms. The zero-order valence-electron chi connectivity index (χ0n) is 44.3. The maximum absolute atomic E-state index is 9.62. The van der Waals surface area contributed by atoms with Gasteiger partial charge in [-0.15, -0.1) is 0 Å². The molecule has 0 unspecified atom stereocenters. The Kier molecular flexibility index (Phi) is 7.62. The molecule has 10 aromatic rings. The van der Waals surface area contributed by atoms with Gasteiger partial charge in [-0.3, -0.25) is 4.57 Å². The van der Waals surface area contributed by atoms with E-state index in [1.54, 1.807) is 36.5 Å². The molecule has 4 aliphatic rings. The van der Waals surface area contributed by atoms with Crippen molar-refractivity contribution in [1.82, 2.24) is 9.55 Å². The van der Waals surface area contributed by atoms with Crippen LogP contribution in [0, 0.1) is 19.6 Å². The van der Waals surface area contributed by atoms with Gasteiger partial charge in [-0.1, -0.05) is 123 Å². The van der Waals surface area contributed by atoms with Crippen LogP contribution in [0.1, 0.15) is 41.5 Å². The van der Waals surface area contributed by atoms with Gasteiger partial charge in [0.15, 0.2) is 0 Å². The second-order valence-corrected chi connectivity index (χ2v) is 17.1. The molecule has 0 radical (unpaired) electrons. The molecule has 320 valence electrons. The van der Waals surface area contributed by atoms with Crippen LogP contribution >= 0.6 is 0 Å². The highest BCUT2D eigenvalue weighted by Gasteiger charge is 2.32. The molecular weight excluding hydrogens is 809 g/mol. The number of rotatable bonds is 3. The topological polar surface area (TPSA) is 42.8 Å². The van der Waals surface area contributed by atoms with Crippen LogP contribution in [0.2, 0.25) is 0 Å². The molecule has 0 aliphatic carbocycles. The lowest BCUT2D eigenvalue weighted by molar-refractivity contribution is 0.479. The lowest BCUT2D eigenvalue weighted by Crippen LogP contribution is -2.25. The number of nitrogens with zero attached hydrogens (tertiary/aromatic N) is 4. The van der Waals surface area contributed by atoms with Crippen molar-refractivity contribution in [3.63, 3.8) is 0 Å². The fourth-order valence-corrected chi connectivity index (χ4v) is 9.60. The third-order valence-electron chi connectivity index (χ3n) is 12.6. The van der Waals surface area contributed by atoms with Crippen molar-refractivity contribution in [2.45, 2.75) is 33.9 Å². The standard InChI is InChI=1S/C60H48N4O2/c1-38(2)32-42-33-59-61-36-52(42)50-17-8-12-23-57(50)65-44-28-25-41(26-29-44)47-18-13-19-51(46-15-6-5-14-39(46)3)60(47)63-37-62(54-21-10-11-22-55(54)63)43-27-24-40(4)58(34-43)66-45-30-31-49-48-16-7-9-20-53(48)64(59)56(49)35-45/h5-31,33-36,38H,32,37H2,1-4H3/i3D3,4D3,32D2. The molecule has 4 aliphatic heterocycles. The summed E-state index contributed by atoms with van der Waals surface area (Å²) in [5.41, 5.74) is 9.63. The smallest absolute Gasteiger partial charge is 0.137 e. The Morgan fingerprint density at radius 3 is 2.11 bits per heavy atom. The summed E-state index contributed by atoms with van der Waals surface area (Å²) in [4.78, 5) is 9.39. The summed E-state index contributed by atoms with van der Waals surface area (Å²) >= 11 is 0. The quantitative estimate of drug-likeness (QED) is 0.177. The highest BCUT2D eigenvalue weighted by Crippen LogP contribution is 2.51. The van der Waals surface area contributed by atoms with Gasteiger partial charge >= 0.3 is 0 Å². The number of aromatic nitrogens is 2. The average Bonchev–Trinajstić information content (AvgIpc) is 3.94. The van der Waals surface area contributed by atoms with Crippen LogP contribution < -0.4 is 19.3 Å². The van der Waals surface area contributed by atoms with Crippen molar-refractivity contribution < 1.29 is 20.4 Å². The monoisotopic (exact) mass is 864 g/mol. The first-order valence-corrected chi connectivity index (χ1v) is 22.2. The van der Waals surface area contributed by atoms with E-state index in [0.29, 0.717) is 56.6 Å². The van der Waals surface area contributed by atoms with Crippen molar-refractivity contribution in [3.05, 3.63) is 205 Å². The highest BCUT2D eigenvalue weighted by molar-refractivity contribution is 6.09. The lowest BCUT2D eigenvalue weighted by atomic mass is 9.93.